The van der Waals surface area contributed by atoms with Crippen LogP contribution in [-0.2, 0) is 21.4 Å². The number of aliphatic carboxylic acids is 1. The first-order valence-corrected chi connectivity index (χ1v) is 13.6. The van der Waals surface area contributed by atoms with Crippen molar-refractivity contribution in [3.63, 3.8) is 0 Å². The van der Waals surface area contributed by atoms with Gasteiger partial charge in [0.05, 0.1) is 0 Å². The molecule has 3 aliphatic rings. The molecular weight excluding hydrogens is 458 g/mol. The third-order valence-electron chi connectivity index (χ3n) is 9.46. The Labute approximate surface area is 213 Å². The Hall–Kier alpha value is -2.33. The fourth-order valence-electron chi connectivity index (χ4n) is 7.38. The Morgan fingerprint density at radius 2 is 1.80 bits per heavy atom. The Morgan fingerprint density at radius 3 is 2.49 bits per heavy atom. The Bertz CT molecular complexity index is 1090. The summed E-state index contributed by atoms with van der Waals surface area (Å²) < 4.78 is 0. The minimum Gasteiger partial charge on any atom is -0.480 e. The molecule has 0 radical (unpaired) electrons. The number of hydrogen-bond acceptors (Lipinski definition) is 3. The maximum atomic E-state index is 12.6. The van der Waals surface area contributed by atoms with E-state index in [2.05, 4.69) is 36.5 Å². The highest BCUT2D eigenvalue weighted by molar-refractivity contribution is 6.30. The molecule has 0 bridgehead atoms. The number of benzene rings is 2. The van der Waals surface area contributed by atoms with Crippen molar-refractivity contribution >= 4 is 29.0 Å². The predicted octanol–water partition coefficient (Wildman–Crippen LogP) is 7.05. The van der Waals surface area contributed by atoms with E-state index in [4.69, 9.17) is 11.6 Å². The minimum absolute atomic E-state index is 0.0320. The van der Waals surface area contributed by atoms with Crippen molar-refractivity contribution in [2.24, 2.45) is 17.8 Å². The average molecular weight is 494 g/mol. The highest BCUT2D eigenvalue weighted by Gasteiger charge is 2.54. The van der Waals surface area contributed by atoms with Crippen LogP contribution in [0.15, 0.2) is 48.5 Å². The van der Waals surface area contributed by atoms with Crippen LogP contribution in [0, 0.1) is 17.8 Å². The number of rotatable bonds is 6. The summed E-state index contributed by atoms with van der Waals surface area (Å²) in [7, 11) is 0. The molecule has 5 heteroatoms. The second kappa shape index (κ2) is 9.61. The summed E-state index contributed by atoms with van der Waals surface area (Å²) in [4.78, 5) is 24.4. The van der Waals surface area contributed by atoms with Gasteiger partial charge >= 0.3 is 5.97 Å². The molecule has 0 aromatic heterocycles. The van der Waals surface area contributed by atoms with Gasteiger partial charge in [-0.15, -0.1) is 0 Å². The molecule has 0 heterocycles. The fourth-order valence-corrected chi connectivity index (χ4v) is 7.57. The number of fused-ring (bicyclic) bond motifs is 2. The summed E-state index contributed by atoms with van der Waals surface area (Å²) in [6, 6.07) is 16.2. The molecular formula is C30H36ClNO3. The molecule has 3 aliphatic carbocycles. The van der Waals surface area contributed by atoms with Gasteiger partial charge in [-0.05, 0) is 104 Å². The van der Waals surface area contributed by atoms with Crippen LogP contribution in [0.3, 0.4) is 0 Å². The lowest BCUT2D eigenvalue weighted by atomic mass is 9.59. The number of carboxylic acid groups (broad SMARTS) is 1. The quantitative estimate of drug-likeness (QED) is 0.452. The van der Waals surface area contributed by atoms with Crippen molar-refractivity contribution in [1.29, 1.82) is 0 Å². The van der Waals surface area contributed by atoms with Gasteiger partial charge in [-0.3, -0.25) is 4.79 Å². The number of nitrogens with one attached hydrogen (secondary N) is 1. The minimum atomic E-state index is -0.979. The number of carbonyl (C=O) groups is 2. The second-order valence-electron chi connectivity index (χ2n) is 11.3. The van der Waals surface area contributed by atoms with Crippen molar-refractivity contribution in [3.05, 3.63) is 64.7 Å². The number of Topliss-reactive ketones (excluding diaryl/α,β-unsaturated/α-hetero) is 1. The summed E-state index contributed by atoms with van der Waals surface area (Å²) >= 11 is 6.18. The number of ketones is 1. The Balaban J connectivity index is 1.38. The lowest BCUT2D eigenvalue weighted by Crippen LogP contribution is -2.53. The lowest BCUT2D eigenvalue weighted by molar-refractivity contribution is -0.144. The molecule has 2 saturated carbocycles. The molecule has 2 aromatic carbocycles. The van der Waals surface area contributed by atoms with Gasteiger partial charge in [0.1, 0.15) is 11.3 Å². The summed E-state index contributed by atoms with van der Waals surface area (Å²) in [5.41, 5.74) is 2.70. The SMILES string of the molecule is C[C@H](C[C@H]1Cc2ccccc2C12CCC(Nc1cccc(Cl)c1)(C(=O)O)CC2)C1CCC(=O)CC1. The fraction of sp³-hybridized carbons (Fsp3) is 0.533. The highest BCUT2D eigenvalue weighted by Crippen LogP contribution is 2.56. The average Bonchev–Trinajstić information content (AvgIpc) is 3.13. The molecule has 2 atom stereocenters. The van der Waals surface area contributed by atoms with Gasteiger partial charge < -0.3 is 10.4 Å². The standard InChI is InChI=1S/C30H36ClNO3/c1-20(21-9-11-26(33)12-10-21)17-23-18-22-5-2-3-8-27(22)29(23)13-15-30(16-14-29,28(34)35)32-25-7-4-6-24(31)19-25/h2-8,19-21,23,32H,9-18H2,1H3,(H,34,35)/t20-,23+,29?,30?/m1/s1. The van der Waals surface area contributed by atoms with E-state index in [9.17, 15) is 14.7 Å². The van der Waals surface area contributed by atoms with E-state index < -0.39 is 11.5 Å². The van der Waals surface area contributed by atoms with E-state index in [1.54, 1.807) is 12.1 Å². The van der Waals surface area contributed by atoms with Crippen molar-refractivity contribution in [2.75, 3.05) is 5.32 Å². The monoisotopic (exact) mass is 493 g/mol. The molecule has 5 rings (SSSR count). The molecule has 0 unspecified atom stereocenters. The molecule has 186 valence electrons. The van der Waals surface area contributed by atoms with Gasteiger partial charge in [-0.2, -0.15) is 0 Å². The van der Waals surface area contributed by atoms with Crippen molar-refractivity contribution in [3.8, 4) is 0 Å². The van der Waals surface area contributed by atoms with Crippen LogP contribution in [-0.4, -0.2) is 22.4 Å². The number of halogens is 1. The molecule has 0 aliphatic heterocycles. The van der Waals surface area contributed by atoms with Gasteiger partial charge in [-0.25, -0.2) is 4.79 Å². The maximum Gasteiger partial charge on any atom is 0.329 e. The van der Waals surface area contributed by atoms with Crippen LogP contribution >= 0.6 is 11.6 Å². The van der Waals surface area contributed by atoms with Crippen LogP contribution in [0.2, 0.25) is 5.02 Å². The molecule has 2 N–H and O–H groups in total. The highest BCUT2D eigenvalue weighted by atomic mass is 35.5. The first-order chi connectivity index (χ1) is 16.8. The number of anilines is 1. The molecule has 1 spiro atoms. The van der Waals surface area contributed by atoms with Gasteiger partial charge in [0, 0.05) is 23.6 Å². The topological polar surface area (TPSA) is 66.4 Å². The van der Waals surface area contributed by atoms with Crippen LogP contribution in [0.1, 0.15) is 75.8 Å². The zero-order valence-electron chi connectivity index (χ0n) is 20.6. The van der Waals surface area contributed by atoms with Gasteiger partial charge in [0.25, 0.3) is 0 Å². The van der Waals surface area contributed by atoms with Crippen molar-refractivity contribution < 1.29 is 14.7 Å². The van der Waals surface area contributed by atoms with Crippen LogP contribution in [0.5, 0.6) is 0 Å². The Morgan fingerprint density at radius 1 is 1.09 bits per heavy atom. The molecule has 0 amide bonds. The summed E-state index contributed by atoms with van der Waals surface area (Å²) in [6.45, 7) is 2.38. The van der Waals surface area contributed by atoms with Gasteiger partial charge in [-0.1, -0.05) is 48.9 Å². The molecule has 35 heavy (non-hydrogen) atoms. The van der Waals surface area contributed by atoms with E-state index >= 15 is 0 Å². The molecule has 4 nitrogen and oxygen atoms in total. The molecule has 0 saturated heterocycles. The van der Waals surface area contributed by atoms with Crippen molar-refractivity contribution in [1.82, 2.24) is 0 Å². The summed E-state index contributed by atoms with van der Waals surface area (Å²) in [6.07, 6.45) is 8.66. The normalized spacial score (nSPS) is 29.7. The number of carboxylic acids is 1. The van der Waals surface area contributed by atoms with Crippen LogP contribution < -0.4 is 5.32 Å². The smallest absolute Gasteiger partial charge is 0.329 e. The lowest BCUT2D eigenvalue weighted by Gasteiger charge is -2.47. The maximum absolute atomic E-state index is 12.6. The molecule has 2 aromatic rings. The van der Waals surface area contributed by atoms with Gasteiger partial charge in [0.15, 0.2) is 0 Å². The summed E-state index contributed by atoms with van der Waals surface area (Å²) in [5, 5.41) is 14.3. The van der Waals surface area contributed by atoms with Crippen LogP contribution in [0.4, 0.5) is 5.69 Å². The van der Waals surface area contributed by atoms with E-state index in [-0.39, 0.29) is 5.41 Å². The van der Waals surface area contributed by atoms with Gasteiger partial charge in [0.2, 0.25) is 0 Å². The zero-order valence-corrected chi connectivity index (χ0v) is 21.3. The van der Waals surface area contributed by atoms with E-state index in [0.717, 1.165) is 57.1 Å². The Kier molecular flexibility index (Phi) is 6.69. The zero-order chi connectivity index (χ0) is 24.6. The third-order valence-corrected chi connectivity index (χ3v) is 9.70. The number of hydrogen-bond donors (Lipinski definition) is 2. The first kappa shape index (κ1) is 24.4. The van der Waals surface area contributed by atoms with Crippen molar-refractivity contribution in [2.45, 2.75) is 82.1 Å². The summed E-state index contributed by atoms with van der Waals surface area (Å²) in [5.74, 6) is 1.36. The van der Waals surface area contributed by atoms with E-state index in [1.165, 1.54) is 11.1 Å². The van der Waals surface area contributed by atoms with E-state index in [0.29, 0.717) is 41.4 Å². The second-order valence-corrected chi connectivity index (χ2v) is 11.8. The first-order valence-electron chi connectivity index (χ1n) is 13.2. The number of carbonyl (C=O) groups excluding carboxylic acids is 1. The largest absolute Gasteiger partial charge is 0.480 e. The van der Waals surface area contributed by atoms with Crippen LogP contribution in [0.25, 0.3) is 0 Å². The third kappa shape index (κ3) is 4.62. The predicted molar refractivity (Wildman–Crippen MR) is 140 cm³/mol. The van der Waals surface area contributed by atoms with E-state index in [1.807, 2.05) is 12.1 Å². The molecule has 2 fully saturated rings.